The molecule has 4 aromatic carbocycles. The fourth-order valence-electron chi connectivity index (χ4n) is 5.56. The molecule has 0 saturated carbocycles. The van der Waals surface area contributed by atoms with Crippen molar-refractivity contribution in [3.8, 4) is 11.5 Å². The standard InChI is InChI=1S/C33H32O2/c1-3-34-29-19-15-27(16-20-29)33(28-17-21-30(22-18-28)35-4-2)24-23-31(25-11-7-5-8-12-25)32(33)26-13-9-6-10-14-26/h5-23,32H,3-4,24H2,1-2H3. The summed E-state index contributed by atoms with van der Waals surface area (Å²) >= 11 is 0. The van der Waals surface area contributed by atoms with Crippen LogP contribution in [0.4, 0.5) is 0 Å². The summed E-state index contributed by atoms with van der Waals surface area (Å²) in [7, 11) is 0. The van der Waals surface area contributed by atoms with Crippen molar-refractivity contribution in [1.82, 2.24) is 0 Å². The predicted molar refractivity (Wildman–Crippen MR) is 144 cm³/mol. The number of hydrogen-bond acceptors (Lipinski definition) is 2. The molecule has 2 nitrogen and oxygen atoms in total. The Bertz CT molecular complexity index is 1210. The second kappa shape index (κ2) is 10.2. The first-order valence-corrected chi connectivity index (χ1v) is 12.5. The van der Waals surface area contributed by atoms with Crippen molar-refractivity contribution in [3.05, 3.63) is 138 Å². The van der Waals surface area contributed by atoms with Crippen molar-refractivity contribution in [3.63, 3.8) is 0 Å². The zero-order valence-electron chi connectivity index (χ0n) is 20.5. The zero-order chi connectivity index (χ0) is 24.1. The summed E-state index contributed by atoms with van der Waals surface area (Å²) in [4.78, 5) is 0. The molecule has 0 bridgehead atoms. The largest absolute Gasteiger partial charge is 0.494 e. The predicted octanol–water partition coefficient (Wildman–Crippen LogP) is 8.04. The van der Waals surface area contributed by atoms with Gasteiger partial charge in [-0.25, -0.2) is 0 Å². The van der Waals surface area contributed by atoms with E-state index < -0.39 is 0 Å². The third-order valence-corrected chi connectivity index (χ3v) is 7.05. The quantitative estimate of drug-likeness (QED) is 0.265. The van der Waals surface area contributed by atoms with E-state index >= 15 is 0 Å². The minimum atomic E-state index is -0.248. The van der Waals surface area contributed by atoms with E-state index in [-0.39, 0.29) is 11.3 Å². The normalized spacial score (nSPS) is 16.5. The molecule has 4 aromatic rings. The Kier molecular flexibility index (Phi) is 6.72. The molecular formula is C33H32O2. The number of rotatable bonds is 8. The van der Waals surface area contributed by atoms with Gasteiger partial charge in [0.15, 0.2) is 0 Å². The van der Waals surface area contributed by atoms with E-state index in [9.17, 15) is 0 Å². The minimum absolute atomic E-state index is 0.169. The van der Waals surface area contributed by atoms with Crippen LogP contribution in [-0.2, 0) is 5.41 Å². The van der Waals surface area contributed by atoms with Gasteiger partial charge in [0.2, 0.25) is 0 Å². The SMILES string of the molecule is CCOc1ccc(C2(c3ccc(OCC)cc3)CC=C(c3ccccc3)C2c2ccccc2)cc1. The summed E-state index contributed by atoms with van der Waals surface area (Å²) in [5, 5.41) is 0. The molecule has 35 heavy (non-hydrogen) atoms. The Morgan fingerprint density at radius 3 is 1.60 bits per heavy atom. The van der Waals surface area contributed by atoms with Crippen LogP contribution in [0.1, 0.15) is 48.4 Å². The molecule has 0 aliphatic heterocycles. The van der Waals surface area contributed by atoms with Gasteiger partial charge in [-0.3, -0.25) is 0 Å². The molecule has 2 heteroatoms. The average molecular weight is 461 g/mol. The van der Waals surface area contributed by atoms with Crippen LogP contribution in [0, 0.1) is 0 Å². The fourth-order valence-corrected chi connectivity index (χ4v) is 5.56. The molecule has 5 rings (SSSR count). The topological polar surface area (TPSA) is 18.5 Å². The lowest BCUT2D eigenvalue weighted by molar-refractivity contribution is 0.339. The van der Waals surface area contributed by atoms with Gasteiger partial charge in [0.1, 0.15) is 11.5 Å². The van der Waals surface area contributed by atoms with Gasteiger partial charge >= 0.3 is 0 Å². The molecule has 0 amide bonds. The molecule has 1 aliphatic carbocycles. The molecule has 1 atom stereocenters. The Balaban J connectivity index is 1.71. The molecule has 1 unspecified atom stereocenters. The molecule has 0 saturated heterocycles. The molecule has 176 valence electrons. The van der Waals surface area contributed by atoms with Crippen LogP contribution < -0.4 is 9.47 Å². The Hall–Kier alpha value is -3.78. The summed E-state index contributed by atoms with van der Waals surface area (Å²) < 4.78 is 11.6. The number of ether oxygens (including phenoxy) is 2. The zero-order valence-corrected chi connectivity index (χ0v) is 20.5. The van der Waals surface area contributed by atoms with Crippen molar-refractivity contribution in [2.75, 3.05) is 13.2 Å². The van der Waals surface area contributed by atoms with Crippen LogP contribution in [0.5, 0.6) is 11.5 Å². The maximum Gasteiger partial charge on any atom is 0.119 e. The smallest absolute Gasteiger partial charge is 0.119 e. The van der Waals surface area contributed by atoms with E-state index in [1.54, 1.807) is 0 Å². The highest BCUT2D eigenvalue weighted by Gasteiger charge is 2.47. The monoisotopic (exact) mass is 460 g/mol. The lowest BCUT2D eigenvalue weighted by Crippen LogP contribution is -2.32. The Morgan fingerprint density at radius 2 is 1.11 bits per heavy atom. The van der Waals surface area contributed by atoms with Gasteiger partial charge in [0, 0.05) is 11.3 Å². The first kappa shape index (κ1) is 23.0. The third kappa shape index (κ3) is 4.37. The Labute approximate surface area is 208 Å². The van der Waals surface area contributed by atoms with E-state index in [0.717, 1.165) is 17.9 Å². The maximum atomic E-state index is 5.78. The first-order valence-electron chi connectivity index (χ1n) is 12.5. The van der Waals surface area contributed by atoms with E-state index in [0.29, 0.717) is 13.2 Å². The lowest BCUT2D eigenvalue weighted by Gasteiger charge is -2.39. The van der Waals surface area contributed by atoms with Gasteiger partial charge < -0.3 is 9.47 Å². The number of hydrogen-bond donors (Lipinski definition) is 0. The highest BCUT2D eigenvalue weighted by molar-refractivity contribution is 5.78. The number of benzene rings is 4. The highest BCUT2D eigenvalue weighted by Crippen LogP contribution is 2.58. The van der Waals surface area contributed by atoms with E-state index in [4.69, 9.17) is 9.47 Å². The molecule has 0 heterocycles. The Morgan fingerprint density at radius 1 is 0.629 bits per heavy atom. The first-order chi connectivity index (χ1) is 17.3. The molecular weight excluding hydrogens is 428 g/mol. The molecule has 0 spiro atoms. The fraction of sp³-hybridized carbons (Fsp3) is 0.212. The van der Waals surface area contributed by atoms with Crippen LogP contribution in [0.25, 0.3) is 5.57 Å². The van der Waals surface area contributed by atoms with Crippen LogP contribution in [0.15, 0.2) is 115 Å². The van der Waals surface area contributed by atoms with Crippen LogP contribution in [-0.4, -0.2) is 13.2 Å². The highest BCUT2D eigenvalue weighted by atomic mass is 16.5. The van der Waals surface area contributed by atoms with E-state index in [2.05, 4.69) is 115 Å². The maximum absolute atomic E-state index is 5.78. The van der Waals surface area contributed by atoms with Gasteiger partial charge in [-0.2, -0.15) is 0 Å². The molecule has 0 N–H and O–H groups in total. The summed E-state index contributed by atoms with van der Waals surface area (Å²) in [6.45, 7) is 5.37. The number of allylic oxidation sites excluding steroid dienone is 2. The summed E-state index contributed by atoms with van der Waals surface area (Å²) in [5.74, 6) is 1.98. The lowest BCUT2D eigenvalue weighted by atomic mass is 9.63. The van der Waals surface area contributed by atoms with Gasteiger partial charge in [0.05, 0.1) is 13.2 Å². The van der Waals surface area contributed by atoms with Gasteiger partial charge in [-0.1, -0.05) is 91.0 Å². The van der Waals surface area contributed by atoms with Gasteiger partial charge in [-0.05, 0) is 72.4 Å². The van der Waals surface area contributed by atoms with Crippen molar-refractivity contribution < 1.29 is 9.47 Å². The minimum Gasteiger partial charge on any atom is -0.494 e. The van der Waals surface area contributed by atoms with Gasteiger partial charge in [-0.15, -0.1) is 0 Å². The van der Waals surface area contributed by atoms with E-state index in [1.807, 2.05) is 13.8 Å². The van der Waals surface area contributed by atoms with Crippen LogP contribution in [0.2, 0.25) is 0 Å². The van der Waals surface area contributed by atoms with Gasteiger partial charge in [0.25, 0.3) is 0 Å². The molecule has 0 radical (unpaired) electrons. The van der Waals surface area contributed by atoms with Crippen molar-refractivity contribution in [2.24, 2.45) is 0 Å². The second-order valence-electron chi connectivity index (χ2n) is 8.96. The third-order valence-electron chi connectivity index (χ3n) is 7.05. The van der Waals surface area contributed by atoms with Crippen molar-refractivity contribution in [2.45, 2.75) is 31.6 Å². The summed E-state index contributed by atoms with van der Waals surface area (Å²) in [5.41, 5.74) is 6.31. The summed E-state index contributed by atoms with van der Waals surface area (Å²) in [6.07, 6.45) is 3.36. The second-order valence-corrected chi connectivity index (χ2v) is 8.96. The summed E-state index contributed by atoms with van der Waals surface area (Å²) in [6, 6.07) is 39.2. The van der Waals surface area contributed by atoms with Crippen LogP contribution in [0.3, 0.4) is 0 Å². The van der Waals surface area contributed by atoms with Crippen molar-refractivity contribution in [1.29, 1.82) is 0 Å². The van der Waals surface area contributed by atoms with E-state index in [1.165, 1.54) is 27.8 Å². The molecule has 0 fully saturated rings. The molecule has 1 aliphatic rings. The average Bonchev–Trinajstić information content (AvgIpc) is 3.32. The van der Waals surface area contributed by atoms with Crippen molar-refractivity contribution >= 4 is 5.57 Å². The molecule has 0 aromatic heterocycles. The van der Waals surface area contributed by atoms with Crippen LogP contribution >= 0.6 is 0 Å².